The number of allylic oxidation sites excluding steroid dienone is 4. The van der Waals surface area contributed by atoms with Gasteiger partial charge in [0.25, 0.3) is 5.91 Å². The van der Waals surface area contributed by atoms with E-state index in [0.717, 1.165) is 23.7 Å². The first-order chi connectivity index (χ1) is 21.9. The van der Waals surface area contributed by atoms with E-state index < -0.39 is 20.0 Å². The Morgan fingerprint density at radius 1 is 1.06 bits per heavy atom. The molecule has 1 aromatic carbocycles. The Morgan fingerprint density at radius 2 is 1.79 bits per heavy atom. The fraction of sp³-hybridized carbons (Fsp3) is 0.568. The molecule has 5 rings (SSSR count). The average Bonchev–Trinajstić information content (AvgIpc) is 3.56. The molecule has 2 amide bonds. The van der Waals surface area contributed by atoms with Gasteiger partial charge >= 0.3 is 6.09 Å². The van der Waals surface area contributed by atoms with E-state index in [1.54, 1.807) is 7.11 Å². The van der Waals surface area contributed by atoms with Crippen molar-refractivity contribution in [2.45, 2.75) is 104 Å². The molecule has 2 aromatic rings. The SMILES string of the molecule is COc1cc2cc(C(=O)N3C[C@@H](O[Si](C)(C)C(C)(C)C)CC4C5=C(CC(C)=C5)C(C)=CC43)[nH]c2cc1OCCNC(=O)OC(C)(C)C. The summed E-state index contributed by atoms with van der Waals surface area (Å²) in [5, 5.41) is 3.62. The van der Waals surface area contributed by atoms with Crippen LogP contribution in [-0.2, 0) is 9.16 Å². The minimum Gasteiger partial charge on any atom is -0.493 e. The predicted octanol–water partition coefficient (Wildman–Crippen LogP) is 7.91. The van der Waals surface area contributed by atoms with E-state index >= 15 is 0 Å². The number of piperidine rings is 1. The van der Waals surface area contributed by atoms with Gasteiger partial charge in [-0.3, -0.25) is 4.79 Å². The van der Waals surface area contributed by atoms with Gasteiger partial charge < -0.3 is 33.8 Å². The zero-order chi connectivity index (χ0) is 34.5. The van der Waals surface area contributed by atoms with Gasteiger partial charge in [0.2, 0.25) is 0 Å². The van der Waals surface area contributed by atoms with Crippen molar-refractivity contribution in [3.63, 3.8) is 0 Å². The molecule has 1 aromatic heterocycles. The highest BCUT2D eigenvalue weighted by Crippen LogP contribution is 2.47. The molecule has 2 unspecified atom stereocenters. The molecule has 1 aliphatic heterocycles. The van der Waals surface area contributed by atoms with Crippen LogP contribution in [0.1, 0.15) is 78.7 Å². The summed E-state index contributed by atoms with van der Waals surface area (Å²) >= 11 is 0. The van der Waals surface area contributed by atoms with E-state index in [2.05, 4.69) is 70.2 Å². The number of amides is 2. The molecule has 3 atom stereocenters. The van der Waals surface area contributed by atoms with Crippen LogP contribution in [0.25, 0.3) is 10.9 Å². The number of H-pyrrole nitrogens is 1. The van der Waals surface area contributed by atoms with Gasteiger partial charge in [0.1, 0.15) is 17.9 Å². The summed E-state index contributed by atoms with van der Waals surface area (Å²) in [6.07, 6.45) is 5.99. The van der Waals surface area contributed by atoms with E-state index in [1.165, 1.54) is 22.3 Å². The van der Waals surface area contributed by atoms with Crippen molar-refractivity contribution in [2.24, 2.45) is 5.92 Å². The second-order valence-corrected chi connectivity index (χ2v) is 20.5. The molecular formula is C37H53N3O6Si. The Morgan fingerprint density at radius 3 is 2.45 bits per heavy atom. The molecule has 1 saturated heterocycles. The van der Waals surface area contributed by atoms with Crippen LogP contribution in [0.15, 0.2) is 52.6 Å². The predicted molar refractivity (Wildman–Crippen MR) is 189 cm³/mol. The van der Waals surface area contributed by atoms with Gasteiger partial charge in [-0.25, -0.2) is 4.79 Å². The lowest BCUT2D eigenvalue weighted by Crippen LogP contribution is -2.57. The molecule has 10 heteroatoms. The normalized spacial score (nSPS) is 21.6. The van der Waals surface area contributed by atoms with Gasteiger partial charge in [-0.1, -0.05) is 38.5 Å². The van der Waals surface area contributed by atoms with E-state index in [0.29, 0.717) is 23.7 Å². The first-order valence-electron chi connectivity index (χ1n) is 16.7. The fourth-order valence-corrected chi connectivity index (χ4v) is 7.98. The number of aromatic amines is 1. The number of carbonyl (C=O) groups is 2. The third-order valence-corrected chi connectivity index (χ3v) is 14.4. The number of rotatable bonds is 8. The maximum Gasteiger partial charge on any atom is 0.407 e. The van der Waals surface area contributed by atoms with Crippen molar-refractivity contribution in [1.29, 1.82) is 0 Å². The largest absolute Gasteiger partial charge is 0.493 e. The van der Waals surface area contributed by atoms with Crippen molar-refractivity contribution in [3.05, 3.63) is 58.3 Å². The number of likely N-dealkylation sites (tertiary alicyclic amines) is 1. The Labute approximate surface area is 280 Å². The average molecular weight is 664 g/mol. The Hall–Kier alpha value is -3.50. The van der Waals surface area contributed by atoms with Gasteiger partial charge in [0.05, 0.1) is 25.8 Å². The van der Waals surface area contributed by atoms with Gasteiger partial charge in [0.15, 0.2) is 19.8 Å². The monoisotopic (exact) mass is 663 g/mol. The Bertz CT molecular complexity index is 1640. The number of benzene rings is 1. The lowest BCUT2D eigenvalue weighted by atomic mass is 9.75. The molecule has 9 nitrogen and oxygen atoms in total. The third kappa shape index (κ3) is 7.48. The van der Waals surface area contributed by atoms with Gasteiger partial charge in [-0.2, -0.15) is 0 Å². The maximum absolute atomic E-state index is 14.5. The molecule has 0 radical (unpaired) electrons. The molecule has 256 valence electrons. The second-order valence-electron chi connectivity index (χ2n) is 15.8. The smallest absolute Gasteiger partial charge is 0.407 e. The highest BCUT2D eigenvalue weighted by molar-refractivity contribution is 6.74. The van der Waals surface area contributed by atoms with Crippen LogP contribution in [0.3, 0.4) is 0 Å². The number of hydrogen-bond donors (Lipinski definition) is 2. The number of methoxy groups -OCH3 is 1. The maximum atomic E-state index is 14.5. The lowest BCUT2D eigenvalue weighted by molar-refractivity contribution is 0.0248. The molecule has 2 aliphatic carbocycles. The summed E-state index contributed by atoms with van der Waals surface area (Å²) in [6.45, 7) is 22.2. The zero-order valence-corrected chi connectivity index (χ0v) is 31.1. The second kappa shape index (κ2) is 12.8. The van der Waals surface area contributed by atoms with E-state index in [1.807, 2.05) is 43.9 Å². The van der Waals surface area contributed by atoms with Crippen LogP contribution in [0, 0.1) is 5.92 Å². The van der Waals surface area contributed by atoms with Gasteiger partial charge in [0, 0.05) is 29.4 Å². The number of carbonyl (C=O) groups excluding carboxylic acids is 2. The van der Waals surface area contributed by atoms with E-state index in [9.17, 15) is 9.59 Å². The van der Waals surface area contributed by atoms with Crippen LogP contribution in [0.4, 0.5) is 4.79 Å². The topological polar surface area (TPSA) is 102 Å². The lowest BCUT2D eigenvalue weighted by Gasteiger charge is -2.49. The van der Waals surface area contributed by atoms with E-state index in [4.69, 9.17) is 18.6 Å². The highest BCUT2D eigenvalue weighted by Gasteiger charge is 2.46. The van der Waals surface area contributed by atoms with Gasteiger partial charge in [-0.05, 0) is 94.4 Å². The number of alkyl carbamates (subject to hydrolysis) is 1. The standard InChI is InChI=1S/C37H53N3O6Si/c1-22-14-26-23(2)16-31-28(27(26)15-22)19-25(46-47(10,11)37(6,7)8)21-40(31)34(41)30-17-24-18-32(43-9)33(20-29(24)39-30)44-13-12-38-35(42)45-36(3,4)5/h15-18,20,25,28,31,39H,12-14,19,21H2,1-11H3,(H,38,42)/t25-,28?,31?/m0/s1. The summed E-state index contributed by atoms with van der Waals surface area (Å²) in [6, 6.07) is 5.56. The Kier molecular flexibility index (Phi) is 9.51. The molecule has 47 heavy (non-hydrogen) atoms. The van der Waals surface area contributed by atoms with Crippen LogP contribution < -0.4 is 14.8 Å². The van der Waals surface area contributed by atoms with Gasteiger partial charge in [-0.15, -0.1) is 0 Å². The summed E-state index contributed by atoms with van der Waals surface area (Å²) in [5.41, 5.74) is 6.13. The first kappa shape index (κ1) is 34.8. The quantitative estimate of drug-likeness (QED) is 0.220. The minimum atomic E-state index is -2.08. The molecule has 2 N–H and O–H groups in total. The van der Waals surface area contributed by atoms with Crippen molar-refractivity contribution >= 4 is 31.2 Å². The number of nitrogens with zero attached hydrogens (tertiary/aromatic N) is 1. The van der Waals surface area contributed by atoms with Crippen molar-refractivity contribution in [3.8, 4) is 11.5 Å². The summed E-state index contributed by atoms with van der Waals surface area (Å²) < 4.78 is 23.9. The zero-order valence-electron chi connectivity index (χ0n) is 30.1. The molecule has 0 spiro atoms. The number of aromatic nitrogens is 1. The highest BCUT2D eigenvalue weighted by atomic mass is 28.4. The number of ether oxygens (including phenoxy) is 3. The summed E-state index contributed by atoms with van der Waals surface area (Å²) in [7, 11) is -0.493. The summed E-state index contributed by atoms with van der Waals surface area (Å²) in [4.78, 5) is 31.9. The first-order valence-corrected chi connectivity index (χ1v) is 19.7. The fourth-order valence-electron chi connectivity index (χ4n) is 6.62. The van der Waals surface area contributed by atoms with Crippen LogP contribution in [0.2, 0.25) is 18.1 Å². The molecule has 0 bridgehead atoms. The van der Waals surface area contributed by atoms with Crippen molar-refractivity contribution in [1.82, 2.24) is 15.2 Å². The molecule has 2 heterocycles. The van der Waals surface area contributed by atoms with Crippen molar-refractivity contribution < 1.29 is 28.2 Å². The number of hydrogen-bond acceptors (Lipinski definition) is 6. The third-order valence-electron chi connectivity index (χ3n) is 9.88. The Balaban J connectivity index is 1.39. The van der Waals surface area contributed by atoms with E-state index in [-0.39, 0.29) is 42.2 Å². The molecule has 3 aliphatic rings. The minimum absolute atomic E-state index is 0.0417. The summed E-state index contributed by atoms with van der Waals surface area (Å²) in [5.74, 6) is 1.20. The van der Waals surface area contributed by atoms with Crippen LogP contribution in [0.5, 0.6) is 11.5 Å². The molecule has 0 saturated carbocycles. The van der Waals surface area contributed by atoms with Crippen LogP contribution in [-0.4, -0.2) is 74.8 Å². The molecular weight excluding hydrogens is 611 g/mol. The van der Waals surface area contributed by atoms with Crippen molar-refractivity contribution in [2.75, 3.05) is 26.8 Å². The molecule has 1 fully saturated rings. The number of fused-ring (bicyclic) bond motifs is 3. The van der Waals surface area contributed by atoms with Crippen LogP contribution >= 0.6 is 0 Å². The number of nitrogens with one attached hydrogen (secondary N) is 2.